The van der Waals surface area contributed by atoms with Crippen LogP contribution in [0.3, 0.4) is 0 Å². The van der Waals surface area contributed by atoms with Crippen molar-refractivity contribution in [3.8, 4) is 0 Å². The van der Waals surface area contributed by atoms with Gasteiger partial charge in [0.1, 0.15) is 4.88 Å². The van der Waals surface area contributed by atoms with Crippen molar-refractivity contribution in [3.05, 3.63) is 58.4 Å². The van der Waals surface area contributed by atoms with Crippen LogP contribution in [0.4, 0.5) is 5.69 Å². The Morgan fingerprint density at radius 1 is 1.17 bits per heavy atom. The van der Waals surface area contributed by atoms with Gasteiger partial charge in [-0.1, -0.05) is 36.7 Å². The van der Waals surface area contributed by atoms with Crippen LogP contribution in [-0.4, -0.2) is 31.7 Å². The van der Waals surface area contributed by atoms with E-state index in [-0.39, 0.29) is 10.8 Å². The van der Waals surface area contributed by atoms with Crippen LogP contribution in [0.2, 0.25) is 5.02 Å². The fraction of sp³-hybridized carbons (Fsp3) is 0.286. The summed E-state index contributed by atoms with van der Waals surface area (Å²) in [7, 11) is -3.51. The molecule has 5 nitrogen and oxygen atoms in total. The number of hydrogen-bond donors (Lipinski definition) is 1. The standard InChI is InChI=1S/C21H21ClN2O3S2/c1-14-5-4-12-24(13-14)29(26,27)16-10-8-15(9-11-16)23-21(25)20-19(22)17-6-2-3-7-18(17)28-20/h2-3,6-11,14H,4-5,12-13H2,1H3,(H,23,25). The summed E-state index contributed by atoms with van der Waals surface area (Å²) in [5.74, 6) is 0.0554. The summed E-state index contributed by atoms with van der Waals surface area (Å²) in [5.41, 5.74) is 0.523. The molecule has 0 radical (unpaired) electrons. The maximum Gasteiger partial charge on any atom is 0.267 e. The Hall–Kier alpha value is -1.93. The van der Waals surface area contributed by atoms with Gasteiger partial charge in [0.2, 0.25) is 10.0 Å². The topological polar surface area (TPSA) is 66.5 Å². The van der Waals surface area contributed by atoms with E-state index in [1.54, 1.807) is 16.4 Å². The summed E-state index contributed by atoms with van der Waals surface area (Å²) in [5, 5.41) is 4.08. The number of nitrogens with one attached hydrogen (secondary N) is 1. The molecule has 152 valence electrons. The highest BCUT2D eigenvalue weighted by Crippen LogP contribution is 2.35. The van der Waals surface area contributed by atoms with Crippen LogP contribution in [0.15, 0.2) is 53.4 Å². The fourth-order valence-corrected chi connectivity index (χ4v) is 6.58. The molecular formula is C21H21ClN2O3S2. The summed E-state index contributed by atoms with van der Waals surface area (Å²) in [6.07, 6.45) is 1.93. The molecule has 2 aromatic carbocycles. The van der Waals surface area contributed by atoms with Crippen molar-refractivity contribution in [3.63, 3.8) is 0 Å². The van der Waals surface area contributed by atoms with Gasteiger partial charge in [-0.25, -0.2) is 8.42 Å². The van der Waals surface area contributed by atoms with Crippen LogP contribution in [0, 0.1) is 5.92 Å². The number of hydrogen-bond acceptors (Lipinski definition) is 4. The van der Waals surface area contributed by atoms with Gasteiger partial charge in [-0.2, -0.15) is 4.31 Å². The second-order valence-corrected chi connectivity index (χ2v) is 10.7. The molecule has 1 amide bonds. The number of sulfonamides is 1. The number of fused-ring (bicyclic) bond motifs is 1. The smallest absolute Gasteiger partial charge is 0.267 e. The van der Waals surface area contributed by atoms with Crippen molar-refractivity contribution in [2.24, 2.45) is 5.92 Å². The molecule has 1 atom stereocenters. The van der Waals surface area contributed by atoms with E-state index >= 15 is 0 Å². The molecule has 0 aliphatic carbocycles. The zero-order valence-electron chi connectivity index (χ0n) is 15.9. The number of nitrogens with zero attached hydrogens (tertiary/aromatic N) is 1. The number of thiophene rings is 1. The van der Waals surface area contributed by atoms with Crippen LogP contribution in [0.5, 0.6) is 0 Å². The number of carbonyl (C=O) groups is 1. The molecular weight excluding hydrogens is 428 g/mol. The lowest BCUT2D eigenvalue weighted by Gasteiger charge is -2.30. The third-order valence-corrected chi connectivity index (χ3v) is 8.66. The van der Waals surface area contributed by atoms with Crippen molar-refractivity contribution in [2.45, 2.75) is 24.7 Å². The van der Waals surface area contributed by atoms with E-state index in [1.165, 1.54) is 23.5 Å². The Morgan fingerprint density at radius 3 is 2.59 bits per heavy atom. The SMILES string of the molecule is CC1CCCN(S(=O)(=O)c2ccc(NC(=O)c3sc4ccccc4c3Cl)cc2)C1. The van der Waals surface area contributed by atoms with Crippen LogP contribution < -0.4 is 5.32 Å². The lowest BCUT2D eigenvalue weighted by atomic mass is 10.0. The second-order valence-electron chi connectivity index (χ2n) is 7.33. The summed E-state index contributed by atoms with van der Waals surface area (Å²) >= 11 is 7.70. The van der Waals surface area contributed by atoms with Crippen molar-refractivity contribution in [1.82, 2.24) is 4.31 Å². The molecule has 3 aromatic rings. The molecule has 1 aliphatic heterocycles. The number of carbonyl (C=O) groups excluding carboxylic acids is 1. The van der Waals surface area contributed by atoms with Gasteiger partial charge in [0.05, 0.1) is 9.92 Å². The minimum absolute atomic E-state index is 0.240. The second kappa shape index (κ2) is 8.07. The summed E-state index contributed by atoms with van der Waals surface area (Å²) in [4.78, 5) is 13.3. The van der Waals surface area contributed by atoms with Gasteiger partial charge in [0, 0.05) is 28.9 Å². The van der Waals surface area contributed by atoms with Crippen molar-refractivity contribution >= 4 is 54.6 Å². The third-order valence-electron chi connectivity index (χ3n) is 5.11. The third kappa shape index (κ3) is 4.05. The lowest BCUT2D eigenvalue weighted by molar-refractivity contribution is 0.103. The Balaban J connectivity index is 1.52. The molecule has 4 rings (SSSR count). The van der Waals surface area contributed by atoms with E-state index in [0.29, 0.717) is 34.6 Å². The minimum Gasteiger partial charge on any atom is -0.321 e. The predicted molar refractivity (Wildman–Crippen MR) is 118 cm³/mol. The first kappa shape index (κ1) is 20.3. The van der Waals surface area contributed by atoms with Gasteiger partial charge < -0.3 is 5.32 Å². The maximum atomic E-state index is 12.9. The molecule has 1 aromatic heterocycles. The molecule has 1 N–H and O–H groups in total. The summed E-state index contributed by atoms with van der Waals surface area (Å²) < 4.78 is 28.2. The molecule has 1 fully saturated rings. The van der Waals surface area contributed by atoms with Crippen LogP contribution in [0.25, 0.3) is 10.1 Å². The molecule has 0 saturated carbocycles. The number of halogens is 1. The van der Waals surface area contributed by atoms with Crippen LogP contribution >= 0.6 is 22.9 Å². The van der Waals surface area contributed by atoms with E-state index in [2.05, 4.69) is 12.2 Å². The minimum atomic E-state index is -3.51. The van der Waals surface area contributed by atoms with Crippen LogP contribution in [0.1, 0.15) is 29.4 Å². The Morgan fingerprint density at radius 2 is 1.90 bits per heavy atom. The van der Waals surface area contributed by atoms with E-state index in [0.717, 1.165) is 22.9 Å². The van der Waals surface area contributed by atoms with Gasteiger partial charge in [0.15, 0.2) is 0 Å². The first-order chi connectivity index (χ1) is 13.9. The first-order valence-electron chi connectivity index (χ1n) is 9.45. The molecule has 0 bridgehead atoms. The van der Waals surface area contributed by atoms with E-state index in [1.807, 2.05) is 24.3 Å². The molecule has 8 heteroatoms. The zero-order chi connectivity index (χ0) is 20.6. The van der Waals surface area contributed by atoms with Crippen molar-refractivity contribution in [2.75, 3.05) is 18.4 Å². The van der Waals surface area contributed by atoms with Crippen molar-refractivity contribution < 1.29 is 13.2 Å². The zero-order valence-corrected chi connectivity index (χ0v) is 18.3. The fourth-order valence-electron chi connectivity index (χ4n) is 3.57. The van der Waals surface area contributed by atoms with Gasteiger partial charge in [0.25, 0.3) is 5.91 Å². The summed E-state index contributed by atoms with van der Waals surface area (Å²) in [6, 6.07) is 13.9. The first-order valence-corrected chi connectivity index (χ1v) is 12.1. The average Bonchev–Trinajstić information content (AvgIpc) is 3.05. The molecule has 29 heavy (non-hydrogen) atoms. The lowest BCUT2D eigenvalue weighted by Crippen LogP contribution is -2.39. The number of anilines is 1. The monoisotopic (exact) mass is 448 g/mol. The number of benzene rings is 2. The van der Waals surface area contributed by atoms with Gasteiger partial charge in [-0.3, -0.25) is 4.79 Å². The van der Waals surface area contributed by atoms with Crippen LogP contribution in [-0.2, 0) is 10.0 Å². The van der Waals surface area contributed by atoms with Gasteiger partial charge in [-0.05, 0) is 49.1 Å². The molecule has 0 spiro atoms. The molecule has 1 unspecified atom stereocenters. The number of rotatable bonds is 4. The quantitative estimate of drug-likeness (QED) is 0.594. The maximum absolute atomic E-state index is 12.9. The average molecular weight is 449 g/mol. The highest BCUT2D eigenvalue weighted by Gasteiger charge is 2.28. The predicted octanol–water partition coefficient (Wildman–Crippen LogP) is 5.23. The number of amides is 1. The van der Waals surface area contributed by atoms with E-state index < -0.39 is 10.0 Å². The van der Waals surface area contributed by atoms with E-state index in [9.17, 15) is 13.2 Å². The largest absolute Gasteiger partial charge is 0.321 e. The van der Waals surface area contributed by atoms with Gasteiger partial charge >= 0.3 is 0 Å². The Kier molecular flexibility index (Phi) is 5.66. The highest BCUT2D eigenvalue weighted by atomic mass is 35.5. The molecule has 1 saturated heterocycles. The molecule has 2 heterocycles. The highest BCUT2D eigenvalue weighted by molar-refractivity contribution is 7.89. The van der Waals surface area contributed by atoms with Gasteiger partial charge in [-0.15, -0.1) is 11.3 Å². The Bertz CT molecular complexity index is 1160. The summed E-state index contributed by atoms with van der Waals surface area (Å²) in [6.45, 7) is 3.17. The number of piperidine rings is 1. The normalized spacial score (nSPS) is 18.1. The molecule has 1 aliphatic rings. The Labute approximate surface area is 179 Å². The van der Waals surface area contributed by atoms with Crippen molar-refractivity contribution in [1.29, 1.82) is 0 Å². The van der Waals surface area contributed by atoms with E-state index in [4.69, 9.17) is 11.6 Å².